The van der Waals surface area contributed by atoms with E-state index in [2.05, 4.69) is 15.3 Å². The molecule has 2 aliphatic heterocycles. The van der Waals surface area contributed by atoms with Gasteiger partial charge in [0.15, 0.2) is 0 Å². The van der Waals surface area contributed by atoms with Gasteiger partial charge in [0, 0.05) is 25.9 Å². The van der Waals surface area contributed by atoms with Crippen LogP contribution in [-0.4, -0.2) is 58.4 Å². The van der Waals surface area contributed by atoms with Crippen LogP contribution in [0.1, 0.15) is 24.0 Å². The second-order valence-electron chi connectivity index (χ2n) is 7.41. The molecular formula is C22H22N4O6S. The van der Waals surface area contributed by atoms with Crippen LogP contribution < -0.4 is 14.8 Å². The molecule has 33 heavy (non-hydrogen) atoms. The number of piperidine rings is 1. The van der Waals surface area contributed by atoms with Crippen LogP contribution in [0.5, 0.6) is 17.5 Å². The molecule has 3 heterocycles. The number of rotatable bonds is 5. The molecule has 0 unspecified atom stereocenters. The lowest BCUT2D eigenvalue weighted by atomic mass is 10.1. The van der Waals surface area contributed by atoms with E-state index in [1.807, 2.05) is 6.92 Å². The first kappa shape index (κ1) is 22.6. The lowest BCUT2D eigenvalue weighted by Crippen LogP contribution is -2.41. The van der Waals surface area contributed by atoms with Crippen LogP contribution in [0.3, 0.4) is 0 Å². The van der Waals surface area contributed by atoms with Crippen LogP contribution in [0.15, 0.2) is 35.5 Å². The fourth-order valence-electron chi connectivity index (χ4n) is 3.44. The second-order valence-corrected chi connectivity index (χ2v) is 8.42. The number of hydrogen-bond acceptors (Lipinski definition) is 9. The van der Waals surface area contributed by atoms with E-state index < -0.39 is 11.1 Å². The summed E-state index contributed by atoms with van der Waals surface area (Å²) in [5.74, 6) is 0.868. The molecule has 11 heteroatoms. The largest absolute Gasteiger partial charge is 0.474 e. The number of carbonyl (C=O) groups excluding carboxylic acids is 3. The number of benzene rings is 1. The number of hydrogen-bond donors (Lipinski definition) is 1. The minimum Gasteiger partial charge on any atom is -0.474 e. The molecule has 2 saturated heterocycles. The number of likely N-dealkylation sites (tertiary alicyclic amines) is 1. The molecule has 0 spiro atoms. The summed E-state index contributed by atoms with van der Waals surface area (Å²) in [5, 5.41) is 1.84. The van der Waals surface area contributed by atoms with Crippen molar-refractivity contribution in [3.8, 4) is 17.5 Å². The van der Waals surface area contributed by atoms with E-state index in [1.54, 1.807) is 35.2 Å². The maximum atomic E-state index is 11.8. The van der Waals surface area contributed by atoms with Gasteiger partial charge in [-0.1, -0.05) is 12.1 Å². The van der Waals surface area contributed by atoms with Crippen molar-refractivity contribution in [1.82, 2.24) is 20.2 Å². The monoisotopic (exact) mass is 470 g/mol. The Morgan fingerprint density at radius 3 is 2.67 bits per heavy atom. The van der Waals surface area contributed by atoms with Gasteiger partial charge in [-0.25, -0.2) is 14.8 Å². The number of thioether (sulfide) groups is 1. The van der Waals surface area contributed by atoms with Gasteiger partial charge in [-0.15, -0.1) is 0 Å². The van der Waals surface area contributed by atoms with Crippen molar-refractivity contribution in [3.05, 3.63) is 46.6 Å². The predicted molar refractivity (Wildman–Crippen MR) is 120 cm³/mol. The first-order valence-electron chi connectivity index (χ1n) is 10.3. The molecule has 2 fully saturated rings. The molecule has 1 N–H and O–H groups in total. The van der Waals surface area contributed by atoms with Crippen molar-refractivity contribution < 1.29 is 28.6 Å². The number of methoxy groups -OCH3 is 1. The van der Waals surface area contributed by atoms with Gasteiger partial charge in [0.25, 0.3) is 11.1 Å². The standard InChI is InChI=1S/C22H22N4O6S/c1-13-19(31-15-6-8-26(9-7-15)22(29)30-2)23-12-24-20(13)32-16-5-3-4-14(10-16)11-17-18(27)25-21(28)33-17/h3-5,10-12,15H,6-9H2,1-2H3,(H,25,27,28)/b17-11-. The Labute approximate surface area is 194 Å². The summed E-state index contributed by atoms with van der Waals surface area (Å²) in [4.78, 5) is 45.2. The third-order valence-corrected chi connectivity index (χ3v) is 5.97. The molecule has 0 radical (unpaired) electrons. The number of aromatic nitrogens is 2. The molecule has 2 aromatic rings. The summed E-state index contributed by atoms with van der Waals surface area (Å²) >= 11 is 0.857. The van der Waals surface area contributed by atoms with Gasteiger partial charge >= 0.3 is 6.09 Å². The van der Waals surface area contributed by atoms with Crippen molar-refractivity contribution in [2.75, 3.05) is 20.2 Å². The zero-order valence-corrected chi connectivity index (χ0v) is 18.9. The maximum Gasteiger partial charge on any atom is 0.409 e. The van der Waals surface area contributed by atoms with E-state index in [-0.39, 0.29) is 12.2 Å². The molecule has 1 aromatic heterocycles. The molecule has 2 aliphatic rings. The van der Waals surface area contributed by atoms with Crippen molar-refractivity contribution in [2.24, 2.45) is 0 Å². The molecule has 172 valence electrons. The molecule has 0 atom stereocenters. The predicted octanol–water partition coefficient (Wildman–Crippen LogP) is 3.51. The molecule has 0 saturated carbocycles. The average Bonchev–Trinajstić information content (AvgIpc) is 3.13. The molecule has 1 aromatic carbocycles. The van der Waals surface area contributed by atoms with Crippen LogP contribution in [0.25, 0.3) is 6.08 Å². The number of carbonyl (C=O) groups is 3. The summed E-state index contributed by atoms with van der Waals surface area (Å²) in [7, 11) is 1.37. The van der Waals surface area contributed by atoms with Gasteiger partial charge in [-0.05, 0) is 42.5 Å². The molecule has 0 bridgehead atoms. The summed E-state index contributed by atoms with van der Waals surface area (Å²) in [6.07, 6.45) is 3.91. The summed E-state index contributed by atoms with van der Waals surface area (Å²) < 4.78 is 16.8. The minimum atomic E-state index is -0.415. The topological polar surface area (TPSA) is 120 Å². The summed E-state index contributed by atoms with van der Waals surface area (Å²) in [6, 6.07) is 7.09. The number of nitrogens with zero attached hydrogens (tertiary/aromatic N) is 3. The van der Waals surface area contributed by atoms with Gasteiger partial charge in [0.2, 0.25) is 11.8 Å². The number of nitrogens with one attached hydrogen (secondary N) is 1. The highest BCUT2D eigenvalue weighted by Gasteiger charge is 2.26. The van der Waals surface area contributed by atoms with E-state index >= 15 is 0 Å². The third kappa shape index (κ3) is 5.43. The van der Waals surface area contributed by atoms with Crippen molar-refractivity contribution in [3.63, 3.8) is 0 Å². The highest BCUT2D eigenvalue weighted by Crippen LogP contribution is 2.31. The number of amides is 3. The fraction of sp³-hybridized carbons (Fsp3) is 0.318. The van der Waals surface area contributed by atoms with Gasteiger partial charge in [-0.3, -0.25) is 14.9 Å². The Balaban J connectivity index is 1.43. The SMILES string of the molecule is COC(=O)N1CCC(Oc2ncnc(Oc3cccc(/C=C4\SC(=O)NC4=O)c3)c2C)CC1. The van der Waals surface area contributed by atoms with Crippen molar-refractivity contribution in [2.45, 2.75) is 25.9 Å². The Kier molecular flexibility index (Phi) is 6.78. The number of imide groups is 1. The van der Waals surface area contributed by atoms with Crippen LogP contribution in [0.4, 0.5) is 9.59 Å². The normalized spacial score (nSPS) is 17.8. The Morgan fingerprint density at radius 1 is 1.21 bits per heavy atom. The minimum absolute atomic E-state index is 0.0833. The molecule has 0 aliphatic carbocycles. The van der Waals surface area contributed by atoms with Crippen molar-refractivity contribution in [1.29, 1.82) is 0 Å². The van der Waals surface area contributed by atoms with Gasteiger partial charge < -0.3 is 19.1 Å². The molecule has 10 nitrogen and oxygen atoms in total. The van der Waals surface area contributed by atoms with Gasteiger partial charge in [0.1, 0.15) is 18.2 Å². The lowest BCUT2D eigenvalue weighted by molar-refractivity contribution is -0.115. The van der Waals surface area contributed by atoms with Crippen molar-refractivity contribution >= 4 is 35.1 Å². The zero-order valence-electron chi connectivity index (χ0n) is 18.1. The van der Waals surface area contributed by atoms with E-state index in [4.69, 9.17) is 14.2 Å². The summed E-state index contributed by atoms with van der Waals surface area (Å²) in [5.41, 5.74) is 1.35. The fourth-order valence-corrected chi connectivity index (χ4v) is 4.12. The first-order valence-corrected chi connectivity index (χ1v) is 11.1. The Bertz CT molecular complexity index is 1110. The second kappa shape index (κ2) is 9.90. The van der Waals surface area contributed by atoms with Crippen LogP contribution >= 0.6 is 11.8 Å². The third-order valence-electron chi connectivity index (χ3n) is 5.16. The lowest BCUT2D eigenvalue weighted by Gasteiger charge is -2.31. The summed E-state index contributed by atoms with van der Waals surface area (Å²) in [6.45, 7) is 2.91. The Hall–Kier alpha value is -3.60. The van der Waals surface area contributed by atoms with Gasteiger partial charge in [-0.2, -0.15) is 0 Å². The zero-order chi connectivity index (χ0) is 23.4. The molecule has 3 amide bonds. The van der Waals surface area contributed by atoms with E-state index in [0.29, 0.717) is 59.5 Å². The molecule has 4 rings (SSSR count). The molecular weight excluding hydrogens is 448 g/mol. The Morgan fingerprint density at radius 2 is 1.97 bits per heavy atom. The average molecular weight is 471 g/mol. The van der Waals surface area contributed by atoms with E-state index in [9.17, 15) is 14.4 Å². The van der Waals surface area contributed by atoms with E-state index in [1.165, 1.54) is 13.4 Å². The van der Waals surface area contributed by atoms with Gasteiger partial charge in [0.05, 0.1) is 17.6 Å². The van der Waals surface area contributed by atoms with Crippen LogP contribution in [0, 0.1) is 6.92 Å². The smallest absolute Gasteiger partial charge is 0.409 e. The van der Waals surface area contributed by atoms with Crippen LogP contribution in [-0.2, 0) is 9.53 Å². The highest BCUT2D eigenvalue weighted by atomic mass is 32.2. The van der Waals surface area contributed by atoms with E-state index in [0.717, 1.165) is 11.8 Å². The van der Waals surface area contributed by atoms with Crippen LogP contribution in [0.2, 0.25) is 0 Å². The quantitative estimate of drug-likeness (QED) is 0.655. The maximum absolute atomic E-state index is 11.8. The number of ether oxygens (including phenoxy) is 3. The first-order chi connectivity index (χ1) is 15.9. The highest BCUT2D eigenvalue weighted by molar-refractivity contribution is 8.18.